The van der Waals surface area contributed by atoms with Gasteiger partial charge in [0.25, 0.3) is 0 Å². The van der Waals surface area contributed by atoms with Crippen molar-refractivity contribution >= 4 is 33.2 Å². The Bertz CT molecular complexity index is 614. The number of carbonyl (C=O) groups excluding carboxylic acids is 1. The minimum Gasteiger partial charge on any atom is -0.492 e. The van der Waals surface area contributed by atoms with Crippen molar-refractivity contribution in [2.75, 3.05) is 23.8 Å². The van der Waals surface area contributed by atoms with E-state index >= 15 is 0 Å². The summed E-state index contributed by atoms with van der Waals surface area (Å²) in [5.41, 5.74) is 1.70. The molecule has 0 atom stereocenters. The van der Waals surface area contributed by atoms with Crippen LogP contribution >= 0.6 is 15.9 Å². The van der Waals surface area contributed by atoms with Crippen molar-refractivity contribution in [3.8, 4) is 5.75 Å². The van der Waals surface area contributed by atoms with Crippen molar-refractivity contribution < 1.29 is 9.53 Å². The number of hydrogen-bond acceptors (Lipinski definition) is 3. The largest absolute Gasteiger partial charge is 0.492 e. The van der Waals surface area contributed by atoms with E-state index < -0.39 is 0 Å². The molecule has 2 N–H and O–H groups in total. The van der Waals surface area contributed by atoms with Gasteiger partial charge in [0, 0.05) is 23.1 Å². The summed E-state index contributed by atoms with van der Waals surface area (Å²) in [7, 11) is 0. The maximum absolute atomic E-state index is 12.0. The molecule has 0 heterocycles. The molecule has 0 unspecified atom stereocenters. The van der Waals surface area contributed by atoms with E-state index in [0.717, 1.165) is 10.2 Å². The number of amides is 1. The minimum atomic E-state index is -0.0447. The Hall–Kier alpha value is -2.01. The van der Waals surface area contributed by atoms with Gasteiger partial charge in [-0.1, -0.05) is 28.1 Å². The highest BCUT2D eigenvalue weighted by Gasteiger charge is 2.07. The number of rotatable bonds is 7. The van der Waals surface area contributed by atoms with Crippen LogP contribution in [0.4, 0.5) is 11.4 Å². The lowest BCUT2D eigenvalue weighted by Gasteiger charge is -2.11. The molecule has 22 heavy (non-hydrogen) atoms. The Morgan fingerprint density at radius 3 is 2.59 bits per heavy atom. The molecule has 4 nitrogen and oxygen atoms in total. The topological polar surface area (TPSA) is 50.4 Å². The molecular formula is C17H19BrN2O2. The van der Waals surface area contributed by atoms with Gasteiger partial charge < -0.3 is 15.4 Å². The van der Waals surface area contributed by atoms with E-state index in [2.05, 4.69) is 26.6 Å². The number of halogens is 1. The summed E-state index contributed by atoms with van der Waals surface area (Å²) in [6, 6.07) is 15.3. The van der Waals surface area contributed by atoms with Gasteiger partial charge in [-0.15, -0.1) is 0 Å². The predicted molar refractivity (Wildman–Crippen MR) is 93.5 cm³/mol. The average molecular weight is 363 g/mol. The van der Waals surface area contributed by atoms with Crippen molar-refractivity contribution in [1.29, 1.82) is 0 Å². The number of ether oxygens (including phenoxy) is 1. The van der Waals surface area contributed by atoms with Crippen molar-refractivity contribution in [3.05, 3.63) is 53.0 Å². The van der Waals surface area contributed by atoms with E-state index in [4.69, 9.17) is 4.74 Å². The van der Waals surface area contributed by atoms with Crippen LogP contribution in [-0.2, 0) is 4.79 Å². The molecule has 0 spiro atoms. The first-order valence-electron chi connectivity index (χ1n) is 7.20. The van der Waals surface area contributed by atoms with Crippen molar-refractivity contribution in [1.82, 2.24) is 0 Å². The quantitative estimate of drug-likeness (QED) is 0.772. The number of carbonyl (C=O) groups is 1. The van der Waals surface area contributed by atoms with Gasteiger partial charge in [0.2, 0.25) is 5.91 Å². The second-order valence-electron chi connectivity index (χ2n) is 4.66. The van der Waals surface area contributed by atoms with E-state index in [0.29, 0.717) is 31.0 Å². The van der Waals surface area contributed by atoms with Gasteiger partial charge in [-0.25, -0.2) is 0 Å². The summed E-state index contributed by atoms with van der Waals surface area (Å²) < 4.78 is 6.52. The molecule has 5 heteroatoms. The Morgan fingerprint density at radius 2 is 1.86 bits per heavy atom. The van der Waals surface area contributed by atoms with Gasteiger partial charge >= 0.3 is 0 Å². The van der Waals surface area contributed by atoms with Crippen LogP contribution in [-0.4, -0.2) is 19.1 Å². The van der Waals surface area contributed by atoms with E-state index in [1.54, 1.807) is 0 Å². The van der Waals surface area contributed by atoms with Crippen molar-refractivity contribution in [2.45, 2.75) is 13.3 Å². The fraction of sp³-hybridized carbons (Fsp3) is 0.235. The Labute approximate surface area is 139 Å². The van der Waals surface area contributed by atoms with Gasteiger partial charge in [0.1, 0.15) is 5.75 Å². The first kappa shape index (κ1) is 16.4. The van der Waals surface area contributed by atoms with Gasteiger partial charge in [-0.05, 0) is 43.3 Å². The van der Waals surface area contributed by atoms with Crippen LogP contribution in [0.5, 0.6) is 5.75 Å². The lowest BCUT2D eigenvalue weighted by molar-refractivity contribution is -0.116. The van der Waals surface area contributed by atoms with E-state index in [1.165, 1.54) is 0 Å². The van der Waals surface area contributed by atoms with Crippen LogP contribution in [0, 0.1) is 0 Å². The minimum absolute atomic E-state index is 0.0447. The summed E-state index contributed by atoms with van der Waals surface area (Å²) in [4.78, 5) is 12.0. The molecule has 0 radical (unpaired) electrons. The number of anilines is 2. The van der Waals surface area contributed by atoms with Crippen molar-refractivity contribution in [3.63, 3.8) is 0 Å². The SMILES string of the molecule is CCOc1ccccc1NC(=O)CCNc1ccc(Br)cc1. The third-order valence-electron chi connectivity index (χ3n) is 2.99. The third-order valence-corrected chi connectivity index (χ3v) is 3.52. The lowest BCUT2D eigenvalue weighted by atomic mass is 10.2. The molecule has 0 aliphatic rings. The van der Waals surface area contributed by atoms with Crippen LogP contribution in [0.2, 0.25) is 0 Å². The Balaban J connectivity index is 1.82. The highest BCUT2D eigenvalue weighted by atomic mass is 79.9. The zero-order valence-electron chi connectivity index (χ0n) is 12.4. The molecule has 1 amide bonds. The van der Waals surface area contributed by atoms with Gasteiger partial charge in [0.05, 0.1) is 12.3 Å². The summed E-state index contributed by atoms with van der Waals surface area (Å²) >= 11 is 3.39. The van der Waals surface area contributed by atoms with Crippen LogP contribution in [0.25, 0.3) is 0 Å². The fourth-order valence-corrected chi connectivity index (χ4v) is 2.22. The predicted octanol–water partition coefficient (Wildman–Crippen LogP) is 4.29. The summed E-state index contributed by atoms with van der Waals surface area (Å²) in [6.45, 7) is 3.06. The summed E-state index contributed by atoms with van der Waals surface area (Å²) in [5, 5.41) is 6.09. The standard InChI is InChI=1S/C17H19BrN2O2/c1-2-22-16-6-4-3-5-15(16)20-17(21)11-12-19-14-9-7-13(18)8-10-14/h3-10,19H,2,11-12H2,1H3,(H,20,21). The molecule has 0 bridgehead atoms. The first-order valence-corrected chi connectivity index (χ1v) is 7.99. The van der Waals surface area contributed by atoms with E-state index in [-0.39, 0.29) is 5.91 Å². The van der Waals surface area contributed by atoms with Crippen LogP contribution in [0.3, 0.4) is 0 Å². The first-order chi connectivity index (χ1) is 10.7. The molecule has 116 valence electrons. The number of nitrogens with one attached hydrogen (secondary N) is 2. The molecule has 0 aromatic heterocycles. The van der Waals surface area contributed by atoms with E-state index in [1.807, 2.05) is 55.5 Å². The number of benzene rings is 2. The second-order valence-corrected chi connectivity index (χ2v) is 5.58. The Kier molecular flexibility index (Phi) is 6.27. The fourth-order valence-electron chi connectivity index (χ4n) is 1.95. The smallest absolute Gasteiger partial charge is 0.226 e. The Morgan fingerprint density at radius 1 is 1.14 bits per heavy atom. The maximum Gasteiger partial charge on any atom is 0.226 e. The number of para-hydroxylation sites is 2. The molecule has 2 aromatic carbocycles. The molecule has 2 aromatic rings. The maximum atomic E-state index is 12.0. The summed E-state index contributed by atoms with van der Waals surface area (Å²) in [5.74, 6) is 0.649. The molecule has 2 rings (SSSR count). The van der Waals surface area contributed by atoms with Gasteiger partial charge in [0.15, 0.2) is 0 Å². The molecule has 0 fully saturated rings. The van der Waals surface area contributed by atoms with Crippen molar-refractivity contribution in [2.24, 2.45) is 0 Å². The molecular weight excluding hydrogens is 344 g/mol. The van der Waals surface area contributed by atoms with E-state index in [9.17, 15) is 4.79 Å². The highest BCUT2D eigenvalue weighted by molar-refractivity contribution is 9.10. The monoisotopic (exact) mass is 362 g/mol. The van der Waals surface area contributed by atoms with Crippen LogP contribution in [0.15, 0.2) is 53.0 Å². The zero-order valence-corrected chi connectivity index (χ0v) is 14.0. The van der Waals surface area contributed by atoms with Gasteiger partial charge in [-0.2, -0.15) is 0 Å². The normalized spacial score (nSPS) is 10.1. The molecule has 0 aliphatic heterocycles. The lowest BCUT2D eigenvalue weighted by Crippen LogP contribution is -2.16. The van der Waals surface area contributed by atoms with Gasteiger partial charge in [-0.3, -0.25) is 4.79 Å². The third kappa shape index (κ3) is 5.07. The van der Waals surface area contributed by atoms with Crippen LogP contribution < -0.4 is 15.4 Å². The highest BCUT2D eigenvalue weighted by Crippen LogP contribution is 2.23. The molecule has 0 aliphatic carbocycles. The summed E-state index contributed by atoms with van der Waals surface area (Å²) in [6.07, 6.45) is 0.385. The molecule has 0 saturated heterocycles. The number of hydrogen-bond donors (Lipinski definition) is 2. The second kappa shape index (κ2) is 8.44. The average Bonchev–Trinajstić information content (AvgIpc) is 2.51. The molecule has 0 saturated carbocycles. The van der Waals surface area contributed by atoms with Crippen LogP contribution in [0.1, 0.15) is 13.3 Å². The zero-order chi connectivity index (χ0) is 15.8.